The Morgan fingerprint density at radius 3 is 1.68 bits per heavy atom. The SMILES string of the molecule is C/C(=C/c1ccccc1)C(=O)NC(c1ccccc1)c1ccccc1. The third-order valence-electron chi connectivity index (χ3n) is 4.08. The molecule has 0 heterocycles. The summed E-state index contributed by atoms with van der Waals surface area (Å²) in [5.74, 6) is -0.0680. The zero-order valence-corrected chi connectivity index (χ0v) is 14.2. The molecule has 0 unspecified atom stereocenters. The van der Waals surface area contributed by atoms with E-state index >= 15 is 0 Å². The van der Waals surface area contributed by atoms with Gasteiger partial charge in [0, 0.05) is 5.57 Å². The molecule has 0 radical (unpaired) electrons. The first-order valence-electron chi connectivity index (χ1n) is 8.38. The molecule has 1 N–H and O–H groups in total. The predicted molar refractivity (Wildman–Crippen MR) is 103 cm³/mol. The van der Waals surface area contributed by atoms with Gasteiger partial charge in [0.25, 0.3) is 0 Å². The van der Waals surface area contributed by atoms with Gasteiger partial charge in [0.15, 0.2) is 0 Å². The van der Waals surface area contributed by atoms with Crippen molar-refractivity contribution < 1.29 is 4.79 Å². The lowest BCUT2D eigenvalue weighted by atomic mass is 9.98. The topological polar surface area (TPSA) is 29.1 Å². The van der Waals surface area contributed by atoms with Gasteiger partial charge in [-0.2, -0.15) is 0 Å². The van der Waals surface area contributed by atoms with E-state index in [4.69, 9.17) is 0 Å². The Labute approximate surface area is 148 Å². The minimum atomic E-state index is -0.172. The van der Waals surface area contributed by atoms with E-state index in [-0.39, 0.29) is 11.9 Å². The summed E-state index contributed by atoms with van der Waals surface area (Å²) in [6, 6.07) is 29.8. The number of carbonyl (C=O) groups excluding carboxylic acids is 1. The summed E-state index contributed by atoms with van der Waals surface area (Å²) in [6.07, 6.45) is 1.91. The molecule has 0 aliphatic rings. The summed E-state index contributed by atoms with van der Waals surface area (Å²) in [4.78, 5) is 12.7. The van der Waals surface area contributed by atoms with Gasteiger partial charge in [-0.25, -0.2) is 0 Å². The van der Waals surface area contributed by atoms with Gasteiger partial charge < -0.3 is 5.32 Å². The second-order valence-electron chi connectivity index (χ2n) is 5.97. The molecule has 124 valence electrons. The molecule has 0 fully saturated rings. The van der Waals surface area contributed by atoms with Crippen LogP contribution in [0.3, 0.4) is 0 Å². The molecule has 3 aromatic carbocycles. The lowest BCUT2D eigenvalue weighted by molar-refractivity contribution is -0.117. The van der Waals surface area contributed by atoms with Gasteiger partial charge in [0.05, 0.1) is 6.04 Å². The van der Waals surface area contributed by atoms with Crippen LogP contribution in [0, 0.1) is 0 Å². The summed E-state index contributed by atoms with van der Waals surface area (Å²) in [5, 5.41) is 3.16. The Bertz CT molecular complexity index is 800. The van der Waals surface area contributed by atoms with Crippen molar-refractivity contribution >= 4 is 12.0 Å². The van der Waals surface area contributed by atoms with Crippen LogP contribution in [0.4, 0.5) is 0 Å². The van der Waals surface area contributed by atoms with Crippen LogP contribution in [0.2, 0.25) is 0 Å². The maximum absolute atomic E-state index is 12.7. The lowest BCUT2D eigenvalue weighted by Gasteiger charge is -2.20. The van der Waals surface area contributed by atoms with Crippen LogP contribution in [-0.2, 0) is 4.79 Å². The zero-order chi connectivity index (χ0) is 17.5. The van der Waals surface area contributed by atoms with Crippen LogP contribution < -0.4 is 5.32 Å². The van der Waals surface area contributed by atoms with Crippen molar-refractivity contribution in [2.45, 2.75) is 13.0 Å². The first-order chi connectivity index (χ1) is 12.2. The van der Waals surface area contributed by atoms with Gasteiger partial charge in [-0.05, 0) is 29.7 Å². The van der Waals surface area contributed by atoms with Gasteiger partial charge in [-0.1, -0.05) is 91.0 Å². The average molecular weight is 327 g/mol. The molecule has 0 aromatic heterocycles. The van der Waals surface area contributed by atoms with E-state index in [1.54, 1.807) is 0 Å². The second-order valence-corrected chi connectivity index (χ2v) is 5.97. The average Bonchev–Trinajstić information content (AvgIpc) is 2.68. The van der Waals surface area contributed by atoms with Crippen LogP contribution in [0.25, 0.3) is 6.08 Å². The molecule has 2 nitrogen and oxygen atoms in total. The van der Waals surface area contributed by atoms with Crippen LogP contribution in [0.15, 0.2) is 96.6 Å². The first-order valence-corrected chi connectivity index (χ1v) is 8.38. The number of nitrogens with one attached hydrogen (secondary N) is 1. The molecule has 2 heteroatoms. The molecular weight excluding hydrogens is 306 g/mol. The number of benzene rings is 3. The Balaban J connectivity index is 1.85. The van der Waals surface area contributed by atoms with E-state index in [0.717, 1.165) is 16.7 Å². The summed E-state index contributed by atoms with van der Waals surface area (Å²) in [6.45, 7) is 1.84. The highest BCUT2D eigenvalue weighted by Gasteiger charge is 2.17. The van der Waals surface area contributed by atoms with E-state index in [1.807, 2.05) is 104 Å². The number of hydrogen-bond donors (Lipinski definition) is 1. The standard InChI is InChI=1S/C23H21NO/c1-18(17-19-11-5-2-6-12-19)23(25)24-22(20-13-7-3-8-14-20)21-15-9-4-10-16-21/h2-17,22H,1H3,(H,24,25)/b18-17-. The number of amides is 1. The van der Waals surface area contributed by atoms with Crippen LogP contribution in [-0.4, -0.2) is 5.91 Å². The van der Waals surface area contributed by atoms with Gasteiger partial charge in [-0.3, -0.25) is 4.79 Å². The quantitative estimate of drug-likeness (QED) is 0.657. The highest BCUT2D eigenvalue weighted by atomic mass is 16.1. The van der Waals surface area contributed by atoms with Crippen molar-refractivity contribution in [3.63, 3.8) is 0 Å². The number of rotatable bonds is 5. The van der Waals surface area contributed by atoms with Crippen LogP contribution in [0.5, 0.6) is 0 Å². The second kappa shape index (κ2) is 8.11. The molecule has 0 saturated carbocycles. The molecule has 3 aromatic rings. The van der Waals surface area contributed by atoms with E-state index in [1.165, 1.54) is 0 Å². The van der Waals surface area contributed by atoms with Gasteiger partial charge >= 0.3 is 0 Å². The molecule has 0 saturated heterocycles. The maximum Gasteiger partial charge on any atom is 0.247 e. The normalized spacial score (nSPS) is 11.4. The van der Waals surface area contributed by atoms with Gasteiger partial charge in [0.2, 0.25) is 5.91 Å². The van der Waals surface area contributed by atoms with Crippen molar-refractivity contribution in [3.8, 4) is 0 Å². The molecule has 0 aliphatic heterocycles. The fourth-order valence-electron chi connectivity index (χ4n) is 2.76. The Morgan fingerprint density at radius 2 is 1.20 bits per heavy atom. The van der Waals surface area contributed by atoms with E-state index < -0.39 is 0 Å². The van der Waals surface area contributed by atoms with Gasteiger partial charge in [-0.15, -0.1) is 0 Å². The van der Waals surface area contributed by atoms with Crippen molar-refractivity contribution in [1.82, 2.24) is 5.32 Å². The predicted octanol–water partition coefficient (Wildman–Crippen LogP) is 5.00. The van der Waals surface area contributed by atoms with E-state index in [9.17, 15) is 4.79 Å². The maximum atomic E-state index is 12.7. The molecule has 0 aliphatic carbocycles. The highest BCUT2D eigenvalue weighted by Crippen LogP contribution is 2.22. The minimum Gasteiger partial charge on any atom is -0.341 e. The third-order valence-corrected chi connectivity index (χ3v) is 4.08. The molecule has 1 amide bonds. The number of carbonyl (C=O) groups is 1. The Hall–Kier alpha value is -3.13. The summed E-state index contributed by atoms with van der Waals surface area (Å²) in [7, 11) is 0. The van der Waals surface area contributed by atoms with Crippen molar-refractivity contribution in [2.24, 2.45) is 0 Å². The Kier molecular flexibility index (Phi) is 5.43. The monoisotopic (exact) mass is 327 g/mol. The third kappa shape index (κ3) is 4.45. The molecular formula is C23H21NO. The highest BCUT2D eigenvalue weighted by molar-refractivity contribution is 5.97. The smallest absolute Gasteiger partial charge is 0.247 e. The van der Waals surface area contributed by atoms with Crippen LogP contribution in [0.1, 0.15) is 29.7 Å². The van der Waals surface area contributed by atoms with Crippen LogP contribution >= 0.6 is 0 Å². The summed E-state index contributed by atoms with van der Waals surface area (Å²) < 4.78 is 0. The molecule has 25 heavy (non-hydrogen) atoms. The van der Waals surface area contributed by atoms with Crippen molar-refractivity contribution in [1.29, 1.82) is 0 Å². The fourth-order valence-corrected chi connectivity index (χ4v) is 2.76. The van der Waals surface area contributed by atoms with Crippen molar-refractivity contribution in [3.05, 3.63) is 113 Å². The lowest BCUT2D eigenvalue weighted by Crippen LogP contribution is -2.29. The van der Waals surface area contributed by atoms with E-state index in [0.29, 0.717) is 5.57 Å². The number of hydrogen-bond acceptors (Lipinski definition) is 1. The summed E-state index contributed by atoms with van der Waals surface area (Å²) in [5.41, 5.74) is 3.83. The minimum absolute atomic E-state index is 0.0680. The largest absolute Gasteiger partial charge is 0.341 e. The summed E-state index contributed by atoms with van der Waals surface area (Å²) >= 11 is 0. The molecule has 0 spiro atoms. The molecule has 3 rings (SSSR count). The fraction of sp³-hybridized carbons (Fsp3) is 0.0870. The molecule has 0 atom stereocenters. The van der Waals surface area contributed by atoms with E-state index in [2.05, 4.69) is 5.32 Å². The zero-order valence-electron chi connectivity index (χ0n) is 14.2. The van der Waals surface area contributed by atoms with Crippen molar-refractivity contribution in [2.75, 3.05) is 0 Å². The first kappa shape index (κ1) is 16.7. The van der Waals surface area contributed by atoms with Gasteiger partial charge in [0.1, 0.15) is 0 Å². The molecule has 0 bridgehead atoms. The Morgan fingerprint density at radius 1 is 0.760 bits per heavy atom.